The van der Waals surface area contributed by atoms with Crippen LogP contribution in [0.15, 0.2) is 12.3 Å². The molecule has 9 nitrogen and oxygen atoms in total. The van der Waals surface area contributed by atoms with E-state index >= 15 is 0 Å². The number of hydrogen-bond acceptors (Lipinski definition) is 5. The monoisotopic (exact) mass is 286 g/mol. The van der Waals surface area contributed by atoms with Gasteiger partial charge < -0.3 is 30.9 Å². The fraction of sp³-hybridized carbons (Fsp3) is 0.636. The Kier molecular flexibility index (Phi) is 4.12. The topological polar surface area (TPSA) is 128 Å². The van der Waals surface area contributed by atoms with Gasteiger partial charge in [-0.2, -0.15) is 0 Å². The lowest BCUT2D eigenvalue weighted by atomic mass is 10.2. The van der Waals surface area contributed by atoms with Crippen molar-refractivity contribution in [1.82, 2.24) is 15.1 Å². The SMILES string of the molecule is CN1C(=O)N([C@H]2C[C@H](O)[C@@H](CO)O2)C=CC1NC(N)=O. The molecule has 0 aliphatic carbocycles. The lowest BCUT2D eigenvalue weighted by molar-refractivity contribution is -0.0578. The second kappa shape index (κ2) is 5.65. The maximum atomic E-state index is 12.2. The van der Waals surface area contributed by atoms with Gasteiger partial charge in [0.2, 0.25) is 0 Å². The molecule has 2 rings (SSSR count). The Balaban J connectivity index is 2.08. The third-order valence-corrected chi connectivity index (χ3v) is 3.35. The number of urea groups is 2. The van der Waals surface area contributed by atoms with E-state index in [2.05, 4.69) is 5.32 Å². The summed E-state index contributed by atoms with van der Waals surface area (Å²) < 4.78 is 5.41. The van der Waals surface area contributed by atoms with E-state index in [9.17, 15) is 14.7 Å². The minimum absolute atomic E-state index is 0.211. The molecule has 2 heterocycles. The number of nitrogens with zero attached hydrogens (tertiary/aromatic N) is 2. The molecule has 0 aromatic carbocycles. The fourth-order valence-corrected chi connectivity index (χ4v) is 2.23. The molecular weight excluding hydrogens is 268 g/mol. The first kappa shape index (κ1) is 14.6. The Morgan fingerprint density at radius 3 is 2.90 bits per heavy atom. The number of carbonyl (C=O) groups excluding carboxylic acids is 2. The lowest BCUT2D eigenvalue weighted by Crippen LogP contribution is -2.56. The van der Waals surface area contributed by atoms with Crippen molar-refractivity contribution < 1.29 is 24.5 Å². The minimum Gasteiger partial charge on any atom is -0.394 e. The quantitative estimate of drug-likeness (QED) is 0.493. The largest absolute Gasteiger partial charge is 0.394 e. The molecule has 0 bridgehead atoms. The zero-order valence-electron chi connectivity index (χ0n) is 11.0. The van der Waals surface area contributed by atoms with Gasteiger partial charge >= 0.3 is 12.1 Å². The molecule has 0 aromatic heterocycles. The van der Waals surface area contributed by atoms with Crippen molar-refractivity contribution in [2.45, 2.75) is 31.0 Å². The van der Waals surface area contributed by atoms with Gasteiger partial charge in [-0.25, -0.2) is 9.59 Å². The van der Waals surface area contributed by atoms with Crippen LogP contribution in [0.3, 0.4) is 0 Å². The maximum Gasteiger partial charge on any atom is 0.327 e. The number of aliphatic hydroxyl groups is 2. The first-order valence-corrected chi connectivity index (χ1v) is 6.18. The summed E-state index contributed by atoms with van der Waals surface area (Å²) in [5.74, 6) is 0. The van der Waals surface area contributed by atoms with Gasteiger partial charge in [-0.05, 0) is 6.08 Å². The standard InChI is InChI=1S/C11H18N4O5/c1-14-8(13-10(12)18)2-3-15(11(14)19)9-4-6(17)7(5-16)20-9/h2-3,6-9,16-17H,4-5H2,1H3,(H3,12,13,18)/t6-,7+,8?,9+/m0/s1. The van der Waals surface area contributed by atoms with Crippen LogP contribution in [0.2, 0.25) is 0 Å². The molecule has 0 saturated carbocycles. The third-order valence-electron chi connectivity index (χ3n) is 3.35. The van der Waals surface area contributed by atoms with Crippen molar-refractivity contribution >= 4 is 12.1 Å². The van der Waals surface area contributed by atoms with Gasteiger partial charge in [-0.15, -0.1) is 0 Å². The van der Waals surface area contributed by atoms with Gasteiger partial charge in [0.15, 0.2) is 0 Å². The predicted molar refractivity (Wildman–Crippen MR) is 67.0 cm³/mol. The van der Waals surface area contributed by atoms with Crippen LogP contribution in [0.1, 0.15) is 6.42 Å². The highest BCUT2D eigenvalue weighted by Gasteiger charge is 2.40. The second-order valence-corrected chi connectivity index (χ2v) is 4.71. The highest BCUT2D eigenvalue weighted by atomic mass is 16.5. The summed E-state index contributed by atoms with van der Waals surface area (Å²) in [6.45, 7) is -0.314. The van der Waals surface area contributed by atoms with Gasteiger partial charge in [-0.1, -0.05) is 0 Å². The summed E-state index contributed by atoms with van der Waals surface area (Å²) in [6.07, 6.45) is 0.460. The van der Waals surface area contributed by atoms with E-state index in [1.165, 1.54) is 23.0 Å². The number of hydrogen-bond donors (Lipinski definition) is 4. The Morgan fingerprint density at radius 1 is 1.65 bits per heavy atom. The molecule has 0 radical (unpaired) electrons. The normalized spacial score (nSPS) is 33.6. The van der Waals surface area contributed by atoms with E-state index in [0.29, 0.717) is 0 Å². The highest BCUT2D eigenvalue weighted by Crippen LogP contribution is 2.26. The van der Waals surface area contributed by atoms with E-state index < -0.39 is 36.7 Å². The average Bonchev–Trinajstić information content (AvgIpc) is 2.76. The Bertz CT molecular complexity index is 429. The van der Waals surface area contributed by atoms with Crippen LogP contribution in [0, 0.1) is 0 Å². The van der Waals surface area contributed by atoms with Crippen molar-refractivity contribution in [2.24, 2.45) is 5.73 Å². The molecule has 4 atom stereocenters. The van der Waals surface area contributed by atoms with E-state index in [0.717, 1.165) is 0 Å². The molecule has 1 unspecified atom stereocenters. The van der Waals surface area contributed by atoms with Crippen molar-refractivity contribution in [3.63, 3.8) is 0 Å². The van der Waals surface area contributed by atoms with E-state index in [1.54, 1.807) is 6.08 Å². The molecule has 1 fully saturated rings. The predicted octanol–water partition coefficient (Wildman–Crippen LogP) is -1.67. The van der Waals surface area contributed by atoms with Crippen molar-refractivity contribution in [3.05, 3.63) is 12.3 Å². The molecule has 20 heavy (non-hydrogen) atoms. The Hall–Kier alpha value is -1.84. The van der Waals surface area contributed by atoms with Gasteiger partial charge in [0.05, 0.1) is 12.7 Å². The molecule has 0 aromatic rings. The molecule has 112 valence electrons. The summed E-state index contributed by atoms with van der Waals surface area (Å²) in [6, 6.07) is -1.14. The molecule has 2 aliphatic rings. The number of carbonyl (C=O) groups is 2. The van der Waals surface area contributed by atoms with Gasteiger partial charge in [0.25, 0.3) is 0 Å². The van der Waals surface area contributed by atoms with Crippen LogP contribution in [0.5, 0.6) is 0 Å². The summed E-state index contributed by atoms with van der Waals surface area (Å²) in [5.41, 5.74) is 5.02. The fourth-order valence-electron chi connectivity index (χ4n) is 2.23. The average molecular weight is 286 g/mol. The zero-order chi connectivity index (χ0) is 14.9. The van der Waals surface area contributed by atoms with Gasteiger partial charge in [0.1, 0.15) is 18.5 Å². The number of primary amides is 1. The van der Waals surface area contributed by atoms with E-state index in [-0.39, 0.29) is 13.0 Å². The van der Waals surface area contributed by atoms with Crippen molar-refractivity contribution in [3.8, 4) is 0 Å². The van der Waals surface area contributed by atoms with Gasteiger partial charge in [0, 0.05) is 19.7 Å². The molecule has 0 spiro atoms. The summed E-state index contributed by atoms with van der Waals surface area (Å²) in [7, 11) is 1.51. The highest BCUT2D eigenvalue weighted by molar-refractivity contribution is 5.79. The van der Waals surface area contributed by atoms with Crippen LogP contribution in [0.25, 0.3) is 0 Å². The van der Waals surface area contributed by atoms with E-state index in [1.807, 2.05) is 0 Å². The summed E-state index contributed by atoms with van der Waals surface area (Å²) in [5, 5.41) is 21.1. The summed E-state index contributed by atoms with van der Waals surface area (Å²) >= 11 is 0. The van der Waals surface area contributed by atoms with Crippen LogP contribution < -0.4 is 11.1 Å². The Labute approximate surface area is 115 Å². The van der Waals surface area contributed by atoms with Crippen LogP contribution in [-0.4, -0.2) is 70.3 Å². The number of amides is 4. The first-order valence-electron chi connectivity index (χ1n) is 6.18. The van der Waals surface area contributed by atoms with E-state index in [4.69, 9.17) is 15.6 Å². The first-order chi connectivity index (χ1) is 9.43. The maximum absolute atomic E-state index is 12.2. The molecule has 4 amide bonds. The number of rotatable bonds is 3. The third kappa shape index (κ3) is 2.69. The number of ether oxygens (including phenoxy) is 1. The Morgan fingerprint density at radius 2 is 2.35 bits per heavy atom. The smallest absolute Gasteiger partial charge is 0.327 e. The number of nitrogens with two attached hydrogens (primary N) is 1. The van der Waals surface area contributed by atoms with Crippen LogP contribution >= 0.6 is 0 Å². The second-order valence-electron chi connectivity index (χ2n) is 4.71. The molecule has 2 aliphatic heterocycles. The van der Waals surface area contributed by atoms with Gasteiger partial charge in [-0.3, -0.25) is 4.90 Å². The minimum atomic E-state index is -0.821. The molecular formula is C11H18N4O5. The number of aliphatic hydroxyl groups excluding tert-OH is 2. The molecule has 9 heteroatoms. The summed E-state index contributed by atoms with van der Waals surface area (Å²) in [4.78, 5) is 25.6. The number of likely N-dealkylation sites (N-methyl/N-ethyl adjacent to an activating group) is 1. The van der Waals surface area contributed by atoms with Crippen molar-refractivity contribution in [2.75, 3.05) is 13.7 Å². The van der Waals surface area contributed by atoms with Crippen LogP contribution in [-0.2, 0) is 4.74 Å². The van der Waals surface area contributed by atoms with Crippen molar-refractivity contribution in [1.29, 1.82) is 0 Å². The lowest BCUT2D eigenvalue weighted by Gasteiger charge is -2.37. The molecule has 5 N–H and O–H groups in total. The van der Waals surface area contributed by atoms with Crippen LogP contribution in [0.4, 0.5) is 9.59 Å². The number of nitrogens with one attached hydrogen (secondary N) is 1. The molecule has 1 saturated heterocycles. The zero-order valence-corrected chi connectivity index (χ0v) is 11.0.